The Kier molecular flexibility index (Phi) is 7.63. The van der Waals surface area contributed by atoms with E-state index in [1.54, 1.807) is 0 Å². The van der Waals surface area contributed by atoms with Crippen molar-refractivity contribution in [3.8, 4) is 0 Å². The molecule has 0 aliphatic carbocycles. The van der Waals surface area contributed by atoms with Gasteiger partial charge in [-0.3, -0.25) is 0 Å². The molecule has 2 unspecified atom stereocenters. The normalized spacial score (nSPS) is 20.1. The molecule has 0 heterocycles. The van der Waals surface area contributed by atoms with Crippen molar-refractivity contribution in [2.45, 2.75) is 72.5 Å². The Hall–Kier alpha value is 0.700. The first kappa shape index (κ1) is 17.7. The Bertz CT molecular complexity index is 205. The molecule has 0 N–H and O–H groups in total. The van der Waals surface area contributed by atoms with Crippen LogP contribution in [-0.2, 0) is 0 Å². The third-order valence-electron chi connectivity index (χ3n) is 4.46. The van der Waals surface area contributed by atoms with Crippen molar-refractivity contribution in [1.29, 1.82) is 0 Å². The van der Waals surface area contributed by atoms with Crippen molar-refractivity contribution >= 4 is 20.7 Å². The van der Waals surface area contributed by atoms with E-state index in [9.17, 15) is 0 Å². The molecule has 0 aromatic rings. The minimum atomic E-state index is -0.714. The molecule has 0 radical (unpaired) electrons. The van der Waals surface area contributed by atoms with Gasteiger partial charge >= 0.3 is 0 Å². The average Bonchev–Trinajstić information content (AvgIpc) is 2.27. The SMILES string of the molecule is CCC(C)(CC)CC(CC(C)C)S(C)(S)CC. The van der Waals surface area contributed by atoms with Crippen LogP contribution in [0.15, 0.2) is 0 Å². The molecule has 2 atom stereocenters. The third-order valence-corrected chi connectivity index (χ3v) is 9.10. The Morgan fingerprint density at radius 3 is 1.88 bits per heavy atom. The molecule has 17 heavy (non-hydrogen) atoms. The van der Waals surface area contributed by atoms with E-state index in [2.05, 4.69) is 47.8 Å². The van der Waals surface area contributed by atoms with Gasteiger partial charge in [-0.05, 0) is 41.4 Å². The van der Waals surface area contributed by atoms with Crippen molar-refractivity contribution in [3.05, 3.63) is 0 Å². The molecule has 0 bridgehead atoms. The van der Waals surface area contributed by atoms with Crippen molar-refractivity contribution in [1.82, 2.24) is 0 Å². The summed E-state index contributed by atoms with van der Waals surface area (Å²) in [6.07, 6.45) is 7.71. The molecule has 0 nitrogen and oxygen atoms in total. The summed E-state index contributed by atoms with van der Waals surface area (Å²) in [4.78, 5) is 0. The lowest BCUT2D eigenvalue weighted by Gasteiger charge is -2.43. The van der Waals surface area contributed by atoms with Gasteiger partial charge in [-0.1, -0.05) is 54.4 Å². The molecule has 0 saturated carbocycles. The van der Waals surface area contributed by atoms with Crippen molar-refractivity contribution in [2.75, 3.05) is 12.0 Å². The Labute approximate surface area is 116 Å². The van der Waals surface area contributed by atoms with Gasteiger partial charge in [-0.2, -0.15) is 9.06 Å². The van der Waals surface area contributed by atoms with Crippen LogP contribution in [0.25, 0.3) is 0 Å². The fourth-order valence-corrected chi connectivity index (χ4v) is 4.83. The summed E-state index contributed by atoms with van der Waals surface area (Å²) in [5, 5.41) is 0.820. The van der Waals surface area contributed by atoms with Crippen molar-refractivity contribution in [3.63, 3.8) is 0 Å². The van der Waals surface area contributed by atoms with Gasteiger partial charge < -0.3 is 0 Å². The van der Waals surface area contributed by atoms with E-state index < -0.39 is 9.06 Å². The lowest BCUT2D eigenvalue weighted by molar-refractivity contribution is 0.262. The zero-order valence-corrected chi connectivity index (χ0v) is 14.8. The van der Waals surface area contributed by atoms with Gasteiger partial charge in [0.2, 0.25) is 0 Å². The Balaban J connectivity index is 4.82. The van der Waals surface area contributed by atoms with E-state index in [-0.39, 0.29) is 0 Å². The summed E-state index contributed by atoms with van der Waals surface area (Å²) in [5.74, 6) is 2.04. The zero-order valence-electron chi connectivity index (χ0n) is 13.0. The van der Waals surface area contributed by atoms with Gasteiger partial charge in [0.25, 0.3) is 0 Å². The maximum absolute atomic E-state index is 5.03. The van der Waals surface area contributed by atoms with Gasteiger partial charge in [-0.15, -0.1) is 11.7 Å². The summed E-state index contributed by atoms with van der Waals surface area (Å²) in [7, 11) is -0.714. The topological polar surface area (TPSA) is 0 Å². The zero-order chi connectivity index (χ0) is 13.7. The lowest BCUT2D eigenvalue weighted by Crippen LogP contribution is -2.27. The minimum absolute atomic E-state index is 0.520. The number of thiol groups is 1. The quantitative estimate of drug-likeness (QED) is 0.414. The highest BCUT2D eigenvalue weighted by molar-refractivity contribution is 8.87. The maximum atomic E-state index is 5.03. The van der Waals surface area contributed by atoms with Crippen LogP contribution in [-0.4, -0.2) is 17.3 Å². The highest BCUT2D eigenvalue weighted by Crippen LogP contribution is 2.58. The third kappa shape index (κ3) is 5.92. The van der Waals surface area contributed by atoms with Gasteiger partial charge in [0.1, 0.15) is 0 Å². The molecular formula is C15H34S2. The number of hydrogen-bond donors (Lipinski definition) is 1. The molecular weight excluding hydrogens is 244 g/mol. The monoisotopic (exact) mass is 278 g/mol. The molecule has 0 saturated heterocycles. The summed E-state index contributed by atoms with van der Waals surface area (Å²) in [6.45, 7) is 14.1. The van der Waals surface area contributed by atoms with E-state index in [0.717, 1.165) is 11.2 Å². The highest BCUT2D eigenvalue weighted by Gasteiger charge is 2.31. The molecule has 0 aliphatic heterocycles. The second kappa shape index (κ2) is 7.33. The first-order valence-corrected chi connectivity index (χ1v) is 10.5. The van der Waals surface area contributed by atoms with Gasteiger partial charge in [-0.25, -0.2) is 0 Å². The van der Waals surface area contributed by atoms with Crippen LogP contribution < -0.4 is 0 Å². The van der Waals surface area contributed by atoms with Crippen LogP contribution in [0, 0.1) is 11.3 Å². The number of hydrogen-bond acceptors (Lipinski definition) is 1. The van der Waals surface area contributed by atoms with Crippen LogP contribution in [0.2, 0.25) is 0 Å². The van der Waals surface area contributed by atoms with E-state index in [4.69, 9.17) is 11.7 Å². The maximum Gasteiger partial charge on any atom is -0.00240 e. The van der Waals surface area contributed by atoms with E-state index in [1.165, 1.54) is 31.4 Å². The molecule has 0 fully saturated rings. The predicted octanol–water partition coefficient (Wildman–Crippen LogP) is 5.92. The summed E-state index contributed by atoms with van der Waals surface area (Å²) >= 11 is 5.03. The second-order valence-corrected chi connectivity index (χ2v) is 12.3. The molecule has 0 rings (SSSR count). The second-order valence-electron chi connectivity index (χ2n) is 6.37. The van der Waals surface area contributed by atoms with Crippen LogP contribution in [0.4, 0.5) is 0 Å². The van der Waals surface area contributed by atoms with Crippen LogP contribution in [0.1, 0.15) is 67.2 Å². The predicted molar refractivity (Wildman–Crippen MR) is 89.6 cm³/mol. The molecule has 0 amide bonds. The fourth-order valence-electron chi connectivity index (χ4n) is 2.32. The summed E-state index contributed by atoms with van der Waals surface area (Å²) < 4.78 is 0. The summed E-state index contributed by atoms with van der Waals surface area (Å²) in [6, 6.07) is 0. The molecule has 0 aromatic heterocycles. The molecule has 2 heteroatoms. The molecule has 0 aromatic carbocycles. The smallest absolute Gasteiger partial charge is 0.00240 e. The van der Waals surface area contributed by atoms with E-state index >= 15 is 0 Å². The lowest BCUT2D eigenvalue weighted by atomic mass is 9.79. The van der Waals surface area contributed by atoms with E-state index in [1.807, 2.05) is 0 Å². The minimum Gasteiger partial charge on any atom is -0.196 e. The molecule has 106 valence electrons. The highest BCUT2D eigenvalue weighted by atomic mass is 33.1. The Morgan fingerprint density at radius 1 is 1.12 bits per heavy atom. The average molecular weight is 279 g/mol. The van der Waals surface area contributed by atoms with E-state index in [0.29, 0.717) is 5.41 Å². The largest absolute Gasteiger partial charge is 0.196 e. The standard InChI is InChI=1S/C15H34S2/c1-8-15(6,9-2)12-14(11-13(4)5)17(7,16)10-3/h13-14,16H,8-12H2,1-7H3. The van der Waals surface area contributed by atoms with Crippen LogP contribution in [0.3, 0.4) is 0 Å². The van der Waals surface area contributed by atoms with Gasteiger partial charge in [0, 0.05) is 0 Å². The van der Waals surface area contributed by atoms with Crippen LogP contribution >= 0.6 is 20.7 Å². The molecule has 0 aliphatic rings. The van der Waals surface area contributed by atoms with Gasteiger partial charge in [0.15, 0.2) is 0 Å². The number of rotatable bonds is 8. The first-order valence-electron chi connectivity index (χ1n) is 7.18. The summed E-state index contributed by atoms with van der Waals surface area (Å²) in [5.41, 5.74) is 0.520. The first-order chi connectivity index (χ1) is 7.70. The van der Waals surface area contributed by atoms with Gasteiger partial charge in [0.05, 0.1) is 0 Å². The van der Waals surface area contributed by atoms with Crippen molar-refractivity contribution in [2.24, 2.45) is 11.3 Å². The fraction of sp³-hybridized carbons (Fsp3) is 1.00. The van der Waals surface area contributed by atoms with Crippen molar-refractivity contribution < 1.29 is 0 Å². The Morgan fingerprint density at radius 2 is 1.59 bits per heavy atom. The molecule has 0 spiro atoms. The van der Waals surface area contributed by atoms with Crippen LogP contribution in [0.5, 0.6) is 0 Å².